The molecule has 5 saturated carbocycles. The lowest BCUT2D eigenvalue weighted by Gasteiger charge is -2.31. The molecule has 3 aromatic rings. The molecule has 2 heterocycles. The Morgan fingerprint density at radius 1 is 0.807 bits per heavy atom. The van der Waals surface area contributed by atoms with Gasteiger partial charge in [0.15, 0.2) is 24.5 Å². The predicted octanol–water partition coefficient (Wildman–Crippen LogP) is 7.24. The van der Waals surface area contributed by atoms with Gasteiger partial charge in [-0.3, -0.25) is 19.2 Å². The van der Waals surface area contributed by atoms with E-state index in [-0.39, 0.29) is 70.2 Å². The van der Waals surface area contributed by atoms with E-state index in [1.807, 2.05) is 36.4 Å². The Kier molecular flexibility index (Phi) is 10.2. The Morgan fingerprint density at radius 3 is 2.11 bits per heavy atom. The van der Waals surface area contributed by atoms with Crippen LogP contribution in [0.1, 0.15) is 77.6 Å². The Morgan fingerprint density at radius 2 is 1.46 bits per heavy atom. The SMILES string of the molecule is CC(CC(=O)OC1C2CC3C(=O)OC1C3C2)C(=O)OC12CC3CC(C(=O)O1)C2C3.O=S(=O)(c1ccc([S+](c2ccccc2)c2ccccc2)cc1)C1CCCCC1. The third-order valence-electron chi connectivity index (χ3n) is 13.5. The molecule has 0 spiro atoms. The van der Waals surface area contributed by atoms with Gasteiger partial charge in [-0.05, 0) is 93.0 Å². The molecule has 10 unspecified atom stereocenters. The Labute approximate surface area is 336 Å². The summed E-state index contributed by atoms with van der Waals surface area (Å²) < 4.78 is 48.2. The van der Waals surface area contributed by atoms with Crippen molar-refractivity contribution in [3.05, 3.63) is 84.9 Å². The number of sulfone groups is 1. The minimum atomic E-state index is -3.23. The van der Waals surface area contributed by atoms with Crippen molar-refractivity contribution in [1.82, 2.24) is 0 Å². The molecule has 10 nitrogen and oxygen atoms in total. The first-order valence-electron chi connectivity index (χ1n) is 20.5. The summed E-state index contributed by atoms with van der Waals surface area (Å²) in [5, 5.41) is -0.214. The van der Waals surface area contributed by atoms with Crippen molar-refractivity contribution in [2.45, 2.75) is 120 Å². The van der Waals surface area contributed by atoms with E-state index in [0.717, 1.165) is 56.3 Å². The topological polar surface area (TPSA) is 139 Å². The van der Waals surface area contributed by atoms with Crippen LogP contribution in [0.5, 0.6) is 0 Å². The second-order valence-corrected chi connectivity index (χ2v) is 21.3. The van der Waals surface area contributed by atoms with Gasteiger partial charge >= 0.3 is 23.9 Å². The Hall–Kier alpha value is -4.16. The van der Waals surface area contributed by atoms with Gasteiger partial charge in [0.1, 0.15) is 12.2 Å². The van der Waals surface area contributed by atoms with E-state index in [9.17, 15) is 27.6 Å². The fraction of sp³-hybridized carbons (Fsp3) is 0.511. The number of esters is 4. The molecule has 3 aromatic carbocycles. The van der Waals surface area contributed by atoms with Crippen LogP contribution in [0.25, 0.3) is 0 Å². The molecule has 7 fully saturated rings. The van der Waals surface area contributed by atoms with Crippen LogP contribution in [0.3, 0.4) is 0 Å². The Bertz CT molecular complexity index is 2080. The van der Waals surface area contributed by atoms with Crippen molar-refractivity contribution in [3.63, 3.8) is 0 Å². The van der Waals surface area contributed by atoms with Gasteiger partial charge in [-0.1, -0.05) is 62.6 Å². The van der Waals surface area contributed by atoms with Crippen LogP contribution < -0.4 is 0 Å². The molecule has 10 atom stereocenters. The van der Waals surface area contributed by atoms with Gasteiger partial charge in [-0.15, -0.1) is 0 Å². The van der Waals surface area contributed by atoms with Crippen molar-refractivity contribution < 1.29 is 46.5 Å². The molecule has 5 aliphatic carbocycles. The number of carbonyl (C=O) groups is 4. The second kappa shape index (κ2) is 15.2. The molecule has 57 heavy (non-hydrogen) atoms. The van der Waals surface area contributed by atoms with E-state index in [2.05, 4.69) is 48.5 Å². The molecule has 300 valence electrons. The number of hydrogen-bond acceptors (Lipinski definition) is 10. The van der Waals surface area contributed by atoms with Crippen molar-refractivity contribution >= 4 is 44.6 Å². The van der Waals surface area contributed by atoms with Crippen molar-refractivity contribution in [2.75, 3.05) is 0 Å². The van der Waals surface area contributed by atoms with E-state index in [1.165, 1.54) is 9.79 Å². The summed E-state index contributed by atoms with van der Waals surface area (Å²) in [5.41, 5.74) is 0. The van der Waals surface area contributed by atoms with Gasteiger partial charge in [0.25, 0.3) is 5.79 Å². The van der Waals surface area contributed by atoms with Gasteiger partial charge in [0.2, 0.25) is 0 Å². The highest BCUT2D eigenvalue weighted by Gasteiger charge is 2.68. The van der Waals surface area contributed by atoms with Gasteiger partial charge in [-0.25, -0.2) is 8.42 Å². The molecule has 2 saturated heterocycles. The molecular weight excluding hydrogens is 765 g/mol. The average molecular weight is 814 g/mol. The third kappa shape index (κ3) is 7.08. The molecule has 0 amide bonds. The van der Waals surface area contributed by atoms with E-state index in [4.69, 9.17) is 18.9 Å². The van der Waals surface area contributed by atoms with E-state index in [1.54, 1.807) is 6.92 Å². The summed E-state index contributed by atoms with van der Waals surface area (Å²) in [4.78, 5) is 53.1. The maximum Gasteiger partial charge on any atom is 0.312 e. The highest BCUT2D eigenvalue weighted by atomic mass is 32.2. The highest BCUT2D eigenvalue weighted by Crippen LogP contribution is 2.61. The fourth-order valence-corrected chi connectivity index (χ4v) is 14.8. The zero-order chi connectivity index (χ0) is 39.5. The highest BCUT2D eigenvalue weighted by molar-refractivity contribution is 7.97. The monoisotopic (exact) mass is 813 g/mol. The number of carbonyl (C=O) groups excluding carboxylic acids is 4. The van der Waals surface area contributed by atoms with Crippen LogP contribution in [0.15, 0.2) is 105 Å². The molecule has 10 rings (SSSR count). The average Bonchev–Trinajstić information content (AvgIpc) is 4.04. The number of hydrogen-bond donors (Lipinski definition) is 0. The van der Waals surface area contributed by atoms with Crippen molar-refractivity contribution in [1.29, 1.82) is 0 Å². The molecule has 0 aromatic heterocycles. The lowest BCUT2D eigenvalue weighted by molar-refractivity contribution is -0.225. The number of benzene rings is 3. The maximum absolute atomic E-state index is 13.0. The van der Waals surface area contributed by atoms with E-state index < -0.39 is 39.6 Å². The standard InChI is InChI=1S/C24H25O2S2.C21H24O8/c25-28(26,23-14-8-3-9-15-23)24-18-16-22(17-19-24)27(20-10-4-1-5-11-20)21-12-6-2-7-13-21;1-8(18(23)28-21-7-9-3-13(14(21)4-9)20(25)29-21)2-15(22)26-16-10-5-11-12(6-10)19(24)27-17(11)16/h1-2,4-7,10-13,16-19,23H,3,8-9,14-15H2;8-14,16-17H,2-7H2,1H3/q+1;. The van der Waals surface area contributed by atoms with Crippen LogP contribution in [0.2, 0.25) is 0 Å². The number of rotatable bonds is 10. The lowest BCUT2D eigenvalue weighted by atomic mass is 9.87. The molecule has 12 heteroatoms. The van der Waals surface area contributed by atoms with E-state index in [0.29, 0.717) is 23.7 Å². The van der Waals surface area contributed by atoms with Gasteiger partial charge < -0.3 is 18.9 Å². The normalized spacial score (nSPS) is 32.4. The van der Waals surface area contributed by atoms with Crippen LogP contribution in [0, 0.1) is 41.4 Å². The van der Waals surface area contributed by atoms with Crippen molar-refractivity contribution in [3.8, 4) is 0 Å². The van der Waals surface area contributed by atoms with Crippen molar-refractivity contribution in [2.24, 2.45) is 41.4 Å². The molecule has 0 N–H and O–H groups in total. The predicted molar refractivity (Wildman–Crippen MR) is 208 cm³/mol. The Balaban J connectivity index is 0.000000148. The van der Waals surface area contributed by atoms with E-state index >= 15 is 0 Å². The van der Waals surface area contributed by atoms with Crippen LogP contribution in [-0.4, -0.2) is 55.5 Å². The largest absolute Gasteiger partial charge is 0.458 e. The fourth-order valence-electron chi connectivity index (χ4n) is 10.8. The summed E-state index contributed by atoms with van der Waals surface area (Å²) in [7, 11) is -3.48. The summed E-state index contributed by atoms with van der Waals surface area (Å²) >= 11 is 0. The second-order valence-electron chi connectivity index (χ2n) is 17.1. The number of fused-ring (bicyclic) bond motifs is 2. The zero-order valence-electron chi connectivity index (χ0n) is 32.0. The summed E-state index contributed by atoms with van der Waals surface area (Å²) in [5.74, 6) is -2.86. The minimum Gasteiger partial charge on any atom is -0.458 e. The summed E-state index contributed by atoms with van der Waals surface area (Å²) in [6.07, 6.45) is 7.74. The lowest BCUT2D eigenvalue weighted by Crippen LogP contribution is -2.41. The molecule has 0 radical (unpaired) electrons. The van der Waals surface area contributed by atoms with Crippen LogP contribution >= 0.6 is 0 Å². The van der Waals surface area contributed by atoms with Gasteiger partial charge in [0, 0.05) is 18.3 Å². The van der Waals surface area contributed by atoms with Gasteiger partial charge in [-0.2, -0.15) is 0 Å². The maximum atomic E-state index is 13.0. The first-order valence-corrected chi connectivity index (χ1v) is 23.3. The minimum absolute atomic E-state index is 0.0344. The van der Waals surface area contributed by atoms with Crippen LogP contribution in [0.4, 0.5) is 0 Å². The third-order valence-corrected chi connectivity index (χ3v) is 18.1. The molecular formula is C45H49O10S2+. The first-order chi connectivity index (χ1) is 27.5. The first kappa shape index (κ1) is 38.4. The molecule has 7 aliphatic rings. The zero-order valence-corrected chi connectivity index (χ0v) is 33.7. The van der Waals surface area contributed by atoms with Gasteiger partial charge in [0.05, 0.1) is 51.1 Å². The quantitative estimate of drug-likeness (QED) is 0.117. The molecule has 4 bridgehead atoms. The summed E-state index contributed by atoms with van der Waals surface area (Å²) in [6.45, 7) is 1.62. The smallest absolute Gasteiger partial charge is 0.312 e. The van der Waals surface area contributed by atoms with Crippen LogP contribution in [-0.2, 0) is 58.9 Å². The molecule has 2 aliphatic heterocycles. The number of ether oxygens (including phenoxy) is 4. The summed E-state index contributed by atoms with van der Waals surface area (Å²) in [6, 6.07) is 28.5.